The van der Waals surface area contributed by atoms with Crippen molar-refractivity contribution in [1.82, 2.24) is 10.1 Å². The Morgan fingerprint density at radius 1 is 1.31 bits per heavy atom. The van der Waals surface area contributed by atoms with Crippen LogP contribution in [0.3, 0.4) is 0 Å². The lowest BCUT2D eigenvalue weighted by molar-refractivity contribution is 0.403. The molecular formula is C9H12N2OS. The maximum absolute atomic E-state index is 4.84. The molecule has 0 atom stereocenters. The number of H-pyrrole nitrogens is 1. The number of allylic oxidation sites excluding steroid dienone is 1. The number of hydrogen-bond acceptors (Lipinski definition) is 3. The van der Waals surface area contributed by atoms with E-state index in [4.69, 9.17) is 16.7 Å². The summed E-state index contributed by atoms with van der Waals surface area (Å²) in [5.74, 6) is 0.752. The number of aromatic nitrogens is 2. The molecule has 0 unspecified atom stereocenters. The molecule has 0 aliphatic heterocycles. The summed E-state index contributed by atoms with van der Waals surface area (Å²) in [5, 5.41) is 2.69. The third kappa shape index (κ3) is 2.28. The van der Waals surface area contributed by atoms with E-state index in [1.807, 2.05) is 0 Å². The van der Waals surface area contributed by atoms with Crippen molar-refractivity contribution in [3.63, 3.8) is 0 Å². The van der Waals surface area contributed by atoms with Gasteiger partial charge in [0.05, 0.1) is 0 Å². The SMILES string of the molecule is S=c1nc(C=C2CCCCC2)[nH]o1. The summed E-state index contributed by atoms with van der Waals surface area (Å²) in [6, 6.07) is 0. The number of aromatic amines is 1. The van der Waals surface area contributed by atoms with Crippen LogP contribution < -0.4 is 0 Å². The van der Waals surface area contributed by atoms with Crippen LogP contribution in [0, 0.1) is 4.84 Å². The molecule has 1 aliphatic carbocycles. The van der Waals surface area contributed by atoms with E-state index < -0.39 is 0 Å². The molecule has 0 saturated heterocycles. The molecule has 1 fully saturated rings. The van der Waals surface area contributed by atoms with Gasteiger partial charge in [0.1, 0.15) is 0 Å². The van der Waals surface area contributed by atoms with Crippen molar-refractivity contribution >= 4 is 18.3 Å². The smallest absolute Gasteiger partial charge is 0.314 e. The summed E-state index contributed by atoms with van der Waals surface area (Å²) < 4.78 is 4.84. The number of hydrogen-bond donors (Lipinski definition) is 1. The zero-order valence-electron chi connectivity index (χ0n) is 7.38. The lowest BCUT2D eigenvalue weighted by atomic mass is 9.95. The van der Waals surface area contributed by atoms with Gasteiger partial charge in [-0.25, -0.2) is 5.16 Å². The van der Waals surface area contributed by atoms with Crippen molar-refractivity contribution in [3.8, 4) is 0 Å². The largest absolute Gasteiger partial charge is 0.348 e. The fourth-order valence-electron chi connectivity index (χ4n) is 1.65. The zero-order valence-corrected chi connectivity index (χ0v) is 8.19. The summed E-state index contributed by atoms with van der Waals surface area (Å²) in [6.45, 7) is 0. The maximum atomic E-state index is 4.84. The van der Waals surface area contributed by atoms with Crippen molar-refractivity contribution in [2.45, 2.75) is 32.1 Å². The van der Waals surface area contributed by atoms with Crippen molar-refractivity contribution in [2.75, 3.05) is 0 Å². The van der Waals surface area contributed by atoms with Crippen LogP contribution in [0.2, 0.25) is 0 Å². The van der Waals surface area contributed by atoms with Crippen molar-refractivity contribution in [1.29, 1.82) is 0 Å². The molecule has 0 spiro atoms. The van der Waals surface area contributed by atoms with E-state index in [0.717, 1.165) is 5.82 Å². The van der Waals surface area contributed by atoms with Crippen LogP contribution in [-0.4, -0.2) is 10.1 Å². The molecule has 0 aromatic carbocycles. The highest BCUT2D eigenvalue weighted by Gasteiger charge is 2.05. The highest BCUT2D eigenvalue weighted by atomic mass is 32.1. The summed E-state index contributed by atoms with van der Waals surface area (Å²) >= 11 is 4.76. The Balaban J connectivity index is 2.14. The second kappa shape index (κ2) is 3.87. The Labute approximate surface area is 81.8 Å². The van der Waals surface area contributed by atoms with Crippen molar-refractivity contribution < 1.29 is 4.52 Å². The Bertz CT molecular complexity index is 356. The van der Waals surface area contributed by atoms with Crippen LogP contribution in [-0.2, 0) is 0 Å². The van der Waals surface area contributed by atoms with Crippen LogP contribution in [0.25, 0.3) is 6.08 Å². The molecule has 13 heavy (non-hydrogen) atoms. The van der Waals surface area contributed by atoms with Crippen molar-refractivity contribution in [3.05, 3.63) is 16.2 Å². The summed E-state index contributed by atoms with van der Waals surface area (Å²) in [5.41, 5.74) is 1.45. The van der Waals surface area contributed by atoms with E-state index in [1.54, 1.807) is 0 Å². The van der Waals surface area contributed by atoms with Gasteiger partial charge in [-0.3, -0.25) is 0 Å². The van der Waals surface area contributed by atoms with Gasteiger partial charge in [-0.1, -0.05) is 12.0 Å². The molecular weight excluding hydrogens is 184 g/mol. The first-order valence-corrected chi connectivity index (χ1v) is 5.00. The third-order valence-corrected chi connectivity index (χ3v) is 2.47. The van der Waals surface area contributed by atoms with Gasteiger partial charge in [-0.05, 0) is 44.0 Å². The molecule has 1 N–H and O–H groups in total. The molecule has 3 nitrogen and oxygen atoms in total. The van der Waals surface area contributed by atoms with Crippen LogP contribution >= 0.6 is 12.2 Å². The van der Waals surface area contributed by atoms with Crippen LogP contribution in [0.1, 0.15) is 37.9 Å². The Kier molecular flexibility index (Phi) is 2.59. The second-order valence-electron chi connectivity index (χ2n) is 3.33. The number of nitrogens with one attached hydrogen (secondary N) is 1. The zero-order chi connectivity index (χ0) is 9.10. The van der Waals surface area contributed by atoms with E-state index in [2.05, 4.69) is 16.2 Å². The van der Waals surface area contributed by atoms with Crippen LogP contribution in [0.4, 0.5) is 0 Å². The van der Waals surface area contributed by atoms with Gasteiger partial charge < -0.3 is 4.52 Å². The summed E-state index contributed by atoms with van der Waals surface area (Å²) in [6.07, 6.45) is 8.38. The first-order valence-electron chi connectivity index (χ1n) is 4.59. The quantitative estimate of drug-likeness (QED) is 0.702. The minimum Gasteiger partial charge on any atom is -0.348 e. The van der Waals surface area contributed by atoms with Crippen molar-refractivity contribution in [2.24, 2.45) is 0 Å². The van der Waals surface area contributed by atoms with Crippen LogP contribution in [0.15, 0.2) is 10.1 Å². The van der Waals surface area contributed by atoms with Gasteiger partial charge >= 0.3 is 4.84 Å². The van der Waals surface area contributed by atoms with E-state index in [0.29, 0.717) is 0 Å². The van der Waals surface area contributed by atoms with E-state index in [9.17, 15) is 0 Å². The molecule has 1 aromatic heterocycles. The first kappa shape index (κ1) is 8.69. The van der Waals surface area contributed by atoms with E-state index in [-0.39, 0.29) is 4.84 Å². The van der Waals surface area contributed by atoms with Gasteiger partial charge in [-0.15, -0.1) is 0 Å². The first-order chi connectivity index (χ1) is 6.34. The molecule has 0 radical (unpaired) electrons. The fraction of sp³-hybridized carbons (Fsp3) is 0.556. The molecule has 4 heteroatoms. The minimum atomic E-state index is 0.280. The standard InChI is InChI=1S/C9H12N2OS/c13-9-10-8(11-12-9)6-7-4-2-1-3-5-7/h6H,1-5H2,(H,10,11,13). The van der Waals surface area contributed by atoms with E-state index >= 15 is 0 Å². The maximum Gasteiger partial charge on any atom is 0.314 e. The molecule has 0 bridgehead atoms. The van der Waals surface area contributed by atoms with Crippen LogP contribution in [0.5, 0.6) is 0 Å². The molecule has 2 rings (SSSR count). The lowest BCUT2D eigenvalue weighted by Gasteiger charge is -2.12. The Hall–Kier alpha value is -0.900. The number of rotatable bonds is 1. The molecule has 1 saturated carbocycles. The predicted molar refractivity (Wildman–Crippen MR) is 52.7 cm³/mol. The molecule has 70 valence electrons. The molecule has 1 aromatic rings. The molecule has 1 aliphatic rings. The highest BCUT2D eigenvalue weighted by molar-refractivity contribution is 7.71. The number of nitrogens with zero attached hydrogens (tertiary/aromatic N) is 1. The van der Waals surface area contributed by atoms with Gasteiger partial charge in [-0.2, -0.15) is 4.98 Å². The second-order valence-corrected chi connectivity index (χ2v) is 3.68. The van der Waals surface area contributed by atoms with Gasteiger partial charge in [0.15, 0.2) is 5.82 Å². The Morgan fingerprint density at radius 2 is 2.08 bits per heavy atom. The fourth-order valence-corrected chi connectivity index (χ4v) is 1.79. The van der Waals surface area contributed by atoms with E-state index in [1.165, 1.54) is 37.7 Å². The lowest BCUT2D eigenvalue weighted by Crippen LogP contribution is -1.93. The highest BCUT2D eigenvalue weighted by Crippen LogP contribution is 2.23. The topological polar surface area (TPSA) is 41.8 Å². The van der Waals surface area contributed by atoms with Gasteiger partial charge in [0.25, 0.3) is 0 Å². The predicted octanol–water partition coefficient (Wildman–Crippen LogP) is 3.08. The van der Waals surface area contributed by atoms with Gasteiger partial charge in [0, 0.05) is 0 Å². The summed E-state index contributed by atoms with van der Waals surface area (Å²) in [7, 11) is 0. The average molecular weight is 196 g/mol. The monoisotopic (exact) mass is 196 g/mol. The minimum absolute atomic E-state index is 0.280. The normalized spacial score (nSPS) is 17.4. The molecule has 1 heterocycles. The van der Waals surface area contributed by atoms with Gasteiger partial charge in [0.2, 0.25) is 0 Å². The third-order valence-electron chi connectivity index (χ3n) is 2.29. The Morgan fingerprint density at radius 3 is 2.69 bits per heavy atom. The summed E-state index contributed by atoms with van der Waals surface area (Å²) in [4.78, 5) is 4.30. The molecule has 0 amide bonds. The average Bonchev–Trinajstić information content (AvgIpc) is 2.53.